The molecule has 0 radical (unpaired) electrons. The second kappa shape index (κ2) is 7.85. The smallest absolute Gasteiger partial charge is 0.257 e. The van der Waals surface area contributed by atoms with Crippen molar-refractivity contribution in [3.05, 3.63) is 58.9 Å². The second-order valence-electron chi connectivity index (χ2n) is 6.14. The Morgan fingerprint density at radius 1 is 1.24 bits per heavy atom. The number of hydrogen-bond donors (Lipinski definition) is 0. The molecule has 0 N–H and O–H groups in total. The molecule has 1 aromatic heterocycles. The summed E-state index contributed by atoms with van der Waals surface area (Å²) in [5.41, 5.74) is 1.71. The summed E-state index contributed by atoms with van der Waals surface area (Å²) in [5, 5.41) is 0.535. The third-order valence-corrected chi connectivity index (χ3v) is 4.94. The van der Waals surface area contributed by atoms with Crippen LogP contribution in [0.2, 0.25) is 5.02 Å². The van der Waals surface area contributed by atoms with Crippen LogP contribution in [0.4, 0.5) is 0 Å². The Kier molecular flexibility index (Phi) is 5.56. The molecule has 3 rings (SSSR count). The van der Waals surface area contributed by atoms with Gasteiger partial charge in [-0.25, -0.2) is 0 Å². The van der Waals surface area contributed by atoms with Crippen molar-refractivity contribution in [2.24, 2.45) is 0 Å². The van der Waals surface area contributed by atoms with Gasteiger partial charge in [0.05, 0.1) is 12.7 Å². The van der Waals surface area contributed by atoms with Gasteiger partial charge in [-0.1, -0.05) is 17.7 Å². The maximum atomic E-state index is 12.8. The highest BCUT2D eigenvalue weighted by Gasteiger charge is 2.27. The fourth-order valence-electron chi connectivity index (χ4n) is 3.16. The Labute approximate surface area is 153 Å². The van der Waals surface area contributed by atoms with E-state index in [-0.39, 0.29) is 11.9 Å². The molecule has 132 valence electrons. The molecule has 1 aliphatic rings. The van der Waals surface area contributed by atoms with Gasteiger partial charge in [0.25, 0.3) is 5.91 Å². The maximum Gasteiger partial charge on any atom is 0.257 e. The molecule has 6 heteroatoms. The maximum absolute atomic E-state index is 12.8. The fraction of sp³-hybridized carbons (Fsp3) is 0.368. The molecule has 1 atom stereocenters. The first-order valence-corrected chi connectivity index (χ1v) is 8.74. The molecular formula is C19H22ClN3O2. The quantitative estimate of drug-likeness (QED) is 0.840. The van der Waals surface area contributed by atoms with Gasteiger partial charge in [-0.3, -0.25) is 14.7 Å². The number of aromatic nitrogens is 1. The number of benzene rings is 1. The monoisotopic (exact) mass is 359 g/mol. The molecule has 1 saturated heterocycles. The number of carbonyl (C=O) groups excluding carboxylic acids is 1. The van der Waals surface area contributed by atoms with Crippen LogP contribution in [0.1, 0.15) is 28.9 Å². The van der Waals surface area contributed by atoms with Crippen molar-refractivity contribution in [1.29, 1.82) is 0 Å². The van der Waals surface area contributed by atoms with Gasteiger partial charge in [0, 0.05) is 49.6 Å². The van der Waals surface area contributed by atoms with E-state index < -0.39 is 0 Å². The first kappa shape index (κ1) is 17.7. The van der Waals surface area contributed by atoms with E-state index in [9.17, 15) is 4.79 Å². The lowest BCUT2D eigenvalue weighted by atomic mass is 10.1. The van der Waals surface area contributed by atoms with Gasteiger partial charge >= 0.3 is 0 Å². The van der Waals surface area contributed by atoms with Crippen molar-refractivity contribution in [2.75, 3.05) is 33.3 Å². The molecule has 2 heterocycles. The summed E-state index contributed by atoms with van der Waals surface area (Å²) in [5.74, 6) is 0.522. The number of hydrogen-bond acceptors (Lipinski definition) is 4. The minimum Gasteiger partial charge on any atom is -0.496 e. The molecule has 0 spiro atoms. The number of carbonyl (C=O) groups is 1. The third kappa shape index (κ3) is 3.94. The molecule has 5 nitrogen and oxygen atoms in total. The fourth-order valence-corrected chi connectivity index (χ4v) is 3.34. The first-order chi connectivity index (χ1) is 12.1. The van der Waals surface area contributed by atoms with Crippen LogP contribution in [0, 0.1) is 0 Å². The van der Waals surface area contributed by atoms with E-state index in [1.807, 2.05) is 17.2 Å². The van der Waals surface area contributed by atoms with Crippen LogP contribution < -0.4 is 4.74 Å². The number of nitrogens with zero attached hydrogens (tertiary/aromatic N) is 3. The number of ether oxygens (including phenoxy) is 1. The molecule has 0 bridgehead atoms. The van der Waals surface area contributed by atoms with Crippen LogP contribution in [0.25, 0.3) is 0 Å². The van der Waals surface area contributed by atoms with Gasteiger partial charge in [0.2, 0.25) is 0 Å². The standard InChI is InChI=1S/C19H22ClN3O2/c1-14(15-4-3-7-21-13-15)22-8-10-23(11-9-22)19(24)17-12-16(20)5-6-18(17)25-2/h3-7,12-14H,8-11H2,1-2H3. The van der Waals surface area contributed by atoms with Gasteiger partial charge in [0.1, 0.15) is 5.75 Å². The van der Waals surface area contributed by atoms with Crippen molar-refractivity contribution >= 4 is 17.5 Å². The summed E-state index contributed by atoms with van der Waals surface area (Å²) in [6.45, 7) is 5.18. The number of methoxy groups -OCH3 is 1. The van der Waals surface area contributed by atoms with Crippen molar-refractivity contribution in [1.82, 2.24) is 14.8 Å². The van der Waals surface area contributed by atoms with E-state index in [2.05, 4.69) is 22.9 Å². The zero-order valence-corrected chi connectivity index (χ0v) is 15.2. The normalized spacial score (nSPS) is 16.5. The van der Waals surface area contributed by atoms with E-state index >= 15 is 0 Å². The Bertz CT molecular complexity index is 731. The highest BCUT2D eigenvalue weighted by atomic mass is 35.5. The van der Waals surface area contributed by atoms with E-state index in [0.29, 0.717) is 29.4 Å². The summed E-state index contributed by atoms with van der Waals surface area (Å²) in [7, 11) is 1.56. The lowest BCUT2D eigenvalue weighted by molar-refractivity contribution is 0.0579. The minimum atomic E-state index is -0.0342. The Balaban J connectivity index is 1.66. The van der Waals surface area contributed by atoms with Gasteiger partial charge in [-0.05, 0) is 36.8 Å². The highest BCUT2D eigenvalue weighted by molar-refractivity contribution is 6.31. The highest BCUT2D eigenvalue weighted by Crippen LogP contribution is 2.26. The zero-order chi connectivity index (χ0) is 17.8. The van der Waals surface area contributed by atoms with E-state index in [1.54, 1.807) is 31.5 Å². The van der Waals surface area contributed by atoms with Gasteiger partial charge in [0.15, 0.2) is 0 Å². The van der Waals surface area contributed by atoms with Crippen molar-refractivity contribution < 1.29 is 9.53 Å². The SMILES string of the molecule is COc1ccc(Cl)cc1C(=O)N1CCN(C(C)c2cccnc2)CC1. The van der Waals surface area contributed by atoms with Gasteiger partial charge in [-0.2, -0.15) is 0 Å². The Morgan fingerprint density at radius 3 is 2.64 bits per heavy atom. The van der Waals surface area contributed by atoms with Crippen LogP contribution in [-0.2, 0) is 0 Å². The number of piperazine rings is 1. The molecule has 1 fully saturated rings. The van der Waals surface area contributed by atoms with Crippen molar-refractivity contribution in [2.45, 2.75) is 13.0 Å². The summed E-state index contributed by atoms with van der Waals surface area (Å²) in [6, 6.07) is 9.46. The van der Waals surface area contributed by atoms with E-state index in [1.165, 1.54) is 5.56 Å². The molecular weight excluding hydrogens is 338 g/mol. The number of pyridine rings is 1. The lowest BCUT2D eigenvalue weighted by Crippen LogP contribution is -2.49. The molecule has 1 aliphatic heterocycles. The third-order valence-electron chi connectivity index (χ3n) is 4.71. The van der Waals surface area contributed by atoms with Gasteiger partial charge < -0.3 is 9.64 Å². The summed E-state index contributed by atoms with van der Waals surface area (Å²) in [4.78, 5) is 21.3. The van der Waals surface area contributed by atoms with Crippen LogP contribution >= 0.6 is 11.6 Å². The predicted octanol–water partition coefficient (Wildman–Crippen LogP) is 3.26. The predicted molar refractivity (Wildman–Crippen MR) is 98.1 cm³/mol. The molecule has 1 aromatic carbocycles. The average molecular weight is 360 g/mol. The Hall–Kier alpha value is -2.11. The number of halogens is 1. The van der Waals surface area contributed by atoms with Crippen LogP contribution in [-0.4, -0.2) is 54.0 Å². The largest absolute Gasteiger partial charge is 0.496 e. The molecule has 25 heavy (non-hydrogen) atoms. The molecule has 0 saturated carbocycles. The minimum absolute atomic E-state index is 0.0342. The van der Waals surface area contributed by atoms with Crippen molar-refractivity contribution in [3.63, 3.8) is 0 Å². The van der Waals surface area contributed by atoms with Crippen LogP contribution in [0.3, 0.4) is 0 Å². The summed E-state index contributed by atoms with van der Waals surface area (Å²) >= 11 is 6.05. The molecule has 0 aliphatic carbocycles. The van der Waals surface area contributed by atoms with Crippen molar-refractivity contribution in [3.8, 4) is 5.75 Å². The number of rotatable bonds is 4. The van der Waals surface area contributed by atoms with E-state index in [4.69, 9.17) is 16.3 Å². The van der Waals surface area contributed by atoms with E-state index in [0.717, 1.165) is 13.1 Å². The average Bonchev–Trinajstić information content (AvgIpc) is 2.67. The first-order valence-electron chi connectivity index (χ1n) is 8.37. The van der Waals surface area contributed by atoms with Gasteiger partial charge in [-0.15, -0.1) is 0 Å². The zero-order valence-electron chi connectivity index (χ0n) is 14.5. The summed E-state index contributed by atoms with van der Waals surface area (Å²) < 4.78 is 5.31. The van der Waals surface area contributed by atoms with Crippen LogP contribution in [0.15, 0.2) is 42.7 Å². The van der Waals surface area contributed by atoms with Crippen LogP contribution in [0.5, 0.6) is 5.75 Å². The number of amides is 1. The molecule has 2 aromatic rings. The lowest BCUT2D eigenvalue weighted by Gasteiger charge is -2.38. The molecule has 1 unspecified atom stereocenters. The second-order valence-corrected chi connectivity index (χ2v) is 6.57. The topological polar surface area (TPSA) is 45.7 Å². The molecule has 1 amide bonds. The summed E-state index contributed by atoms with van der Waals surface area (Å²) in [6.07, 6.45) is 3.68. The Morgan fingerprint density at radius 2 is 2.00 bits per heavy atom.